The molecule has 0 aromatic heterocycles. The van der Waals surface area contributed by atoms with Crippen LogP contribution in [0.25, 0.3) is 0 Å². The lowest BCUT2D eigenvalue weighted by Gasteiger charge is -2.22. The molecule has 2 N–H and O–H groups in total. The summed E-state index contributed by atoms with van der Waals surface area (Å²) in [6.45, 7) is 1.27. The number of hydrogen-bond acceptors (Lipinski definition) is 5. The number of nitriles is 1. The zero-order valence-electron chi connectivity index (χ0n) is 16.6. The zero-order valence-corrected chi connectivity index (χ0v) is 16.6. The van der Waals surface area contributed by atoms with Gasteiger partial charge in [-0.15, -0.1) is 0 Å². The summed E-state index contributed by atoms with van der Waals surface area (Å²) in [4.78, 5) is 36.6. The summed E-state index contributed by atoms with van der Waals surface area (Å²) in [6, 6.07) is 12.2. The number of amides is 2. The van der Waals surface area contributed by atoms with Crippen LogP contribution in [0.2, 0.25) is 0 Å². The van der Waals surface area contributed by atoms with Crippen molar-refractivity contribution in [2.75, 3.05) is 7.11 Å². The maximum atomic E-state index is 13.1. The number of nitrogens with one attached hydrogen (secondary N) is 2. The Morgan fingerprint density at radius 2 is 1.70 bits per heavy atom. The Bertz CT molecular complexity index is 954. The lowest BCUT2D eigenvalue weighted by molar-refractivity contribution is -0.145. The molecule has 0 fully saturated rings. The molecular formula is C22H22FN3O4. The van der Waals surface area contributed by atoms with Gasteiger partial charge in [-0.3, -0.25) is 9.59 Å². The summed E-state index contributed by atoms with van der Waals surface area (Å²) < 4.78 is 17.9. The van der Waals surface area contributed by atoms with Gasteiger partial charge in [-0.2, -0.15) is 5.26 Å². The third kappa shape index (κ3) is 6.71. The summed E-state index contributed by atoms with van der Waals surface area (Å²) in [6.07, 6.45) is 0.223. The molecule has 0 radical (unpaired) electrons. The van der Waals surface area contributed by atoms with Gasteiger partial charge in [0.15, 0.2) is 0 Å². The van der Waals surface area contributed by atoms with Crippen molar-refractivity contribution < 1.29 is 23.5 Å². The molecule has 0 bridgehead atoms. The molecule has 0 unspecified atom stereocenters. The van der Waals surface area contributed by atoms with Crippen molar-refractivity contribution in [1.29, 1.82) is 5.26 Å². The summed E-state index contributed by atoms with van der Waals surface area (Å²) in [7, 11) is 1.21. The Balaban J connectivity index is 2.18. The van der Waals surface area contributed by atoms with Crippen LogP contribution in [-0.4, -0.2) is 37.0 Å². The third-order valence-electron chi connectivity index (χ3n) is 4.35. The summed E-state index contributed by atoms with van der Waals surface area (Å²) >= 11 is 0. The molecule has 7 nitrogen and oxygen atoms in total. The monoisotopic (exact) mass is 411 g/mol. The number of methoxy groups -OCH3 is 1. The molecule has 2 atom stereocenters. The van der Waals surface area contributed by atoms with Crippen LogP contribution in [0.5, 0.6) is 0 Å². The van der Waals surface area contributed by atoms with Crippen LogP contribution in [-0.2, 0) is 32.0 Å². The van der Waals surface area contributed by atoms with E-state index in [2.05, 4.69) is 10.6 Å². The molecule has 0 aliphatic carbocycles. The largest absolute Gasteiger partial charge is 0.467 e. The average molecular weight is 411 g/mol. The van der Waals surface area contributed by atoms with E-state index in [9.17, 15) is 18.8 Å². The van der Waals surface area contributed by atoms with Crippen LogP contribution in [0.15, 0.2) is 48.5 Å². The first-order chi connectivity index (χ1) is 14.3. The van der Waals surface area contributed by atoms with E-state index in [-0.39, 0.29) is 12.8 Å². The van der Waals surface area contributed by atoms with Crippen molar-refractivity contribution in [3.05, 3.63) is 71.0 Å². The van der Waals surface area contributed by atoms with Gasteiger partial charge < -0.3 is 15.4 Å². The van der Waals surface area contributed by atoms with E-state index in [4.69, 9.17) is 10.00 Å². The maximum absolute atomic E-state index is 13.1. The molecule has 2 aromatic carbocycles. The Morgan fingerprint density at radius 3 is 2.30 bits per heavy atom. The van der Waals surface area contributed by atoms with Gasteiger partial charge in [-0.1, -0.05) is 24.3 Å². The second-order valence-corrected chi connectivity index (χ2v) is 6.68. The first kappa shape index (κ1) is 22.6. The molecule has 0 aliphatic rings. The number of benzene rings is 2. The number of halogens is 1. The van der Waals surface area contributed by atoms with Gasteiger partial charge in [-0.05, 0) is 35.4 Å². The Labute approximate surface area is 173 Å². The highest BCUT2D eigenvalue weighted by molar-refractivity contribution is 5.90. The van der Waals surface area contributed by atoms with Gasteiger partial charge in [0.2, 0.25) is 11.8 Å². The van der Waals surface area contributed by atoms with E-state index in [1.54, 1.807) is 24.3 Å². The van der Waals surface area contributed by atoms with Gasteiger partial charge in [0.25, 0.3) is 0 Å². The molecule has 0 saturated carbocycles. The molecule has 8 heteroatoms. The van der Waals surface area contributed by atoms with Crippen LogP contribution in [0, 0.1) is 17.1 Å². The predicted octanol–water partition coefficient (Wildman–Crippen LogP) is 1.65. The molecule has 30 heavy (non-hydrogen) atoms. The lowest BCUT2D eigenvalue weighted by atomic mass is 10.0. The Morgan fingerprint density at radius 1 is 1.03 bits per heavy atom. The van der Waals surface area contributed by atoms with Gasteiger partial charge >= 0.3 is 5.97 Å². The molecule has 0 aliphatic heterocycles. The minimum Gasteiger partial charge on any atom is -0.467 e. The highest BCUT2D eigenvalue weighted by Crippen LogP contribution is 2.10. The molecule has 0 saturated heterocycles. The molecule has 2 rings (SSSR count). The molecule has 156 valence electrons. The van der Waals surface area contributed by atoms with Crippen LogP contribution in [0.3, 0.4) is 0 Å². The topological polar surface area (TPSA) is 108 Å². The SMILES string of the molecule is COC(=O)[C@H](Cc1cccc(C#N)c1)NC(=O)[C@H](Cc1ccc(F)cc1)NC(C)=O. The van der Waals surface area contributed by atoms with E-state index >= 15 is 0 Å². The fraction of sp³-hybridized carbons (Fsp3) is 0.273. The highest BCUT2D eigenvalue weighted by atomic mass is 19.1. The number of hydrogen-bond donors (Lipinski definition) is 2. The van der Waals surface area contributed by atoms with Crippen molar-refractivity contribution in [3.8, 4) is 6.07 Å². The average Bonchev–Trinajstić information content (AvgIpc) is 2.73. The van der Waals surface area contributed by atoms with Crippen molar-refractivity contribution >= 4 is 17.8 Å². The number of esters is 1. The van der Waals surface area contributed by atoms with E-state index < -0.39 is 35.7 Å². The zero-order chi connectivity index (χ0) is 22.1. The van der Waals surface area contributed by atoms with Crippen LogP contribution >= 0.6 is 0 Å². The molecule has 2 amide bonds. The summed E-state index contributed by atoms with van der Waals surface area (Å²) in [5.74, 6) is -2.08. The standard InChI is InChI=1S/C22H22FN3O4/c1-14(27)25-19(11-15-6-8-18(23)9-7-15)21(28)26-20(22(29)30-2)12-16-4-3-5-17(10-16)13-24/h3-10,19-20H,11-12H2,1-2H3,(H,25,27)(H,26,28)/t19-,20-/m0/s1. The van der Waals surface area contributed by atoms with E-state index in [1.807, 2.05) is 6.07 Å². The summed E-state index contributed by atoms with van der Waals surface area (Å²) in [5.41, 5.74) is 1.73. The van der Waals surface area contributed by atoms with Gasteiger partial charge in [0.05, 0.1) is 18.7 Å². The van der Waals surface area contributed by atoms with Crippen LogP contribution in [0.1, 0.15) is 23.6 Å². The van der Waals surface area contributed by atoms with Crippen LogP contribution in [0.4, 0.5) is 4.39 Å². The second kappa shape index (κ2) is 10.7. The fourth-order valence-electron chi connectivity index (χ4n) is 2.92. The molecule has 0 heterocycles. The maximum Gasteiger partial charge on any atom is 0.328 e. The van der Waals surface area contributed by atoms with Gasteiger partial charge in [0, 0.05) is 19.8 Å². The number of ether oxygens (including phenoxy) is 1. The number of carbonyl (C=O) groups is 3. The fourth-order valence-corrected chi connectivity index (χ4v) is 2.92. The van der Waals surface area contributed by atoms with Gasteiger partial charge in [0.1, 0.15) is 17.9 Å². The number of carbonyl (C=O) groups excluding carboxylic acids is 3. The minimum absolute atomic E-state index is 0.108. The molecule has 0 spiro atoms. The third-order valence-corrected chi connectivity index (χ3v) is 4.35. The summed E-state index contributed by atoms with van der Waals surface area (Å²) in [5, 5.41) is 14.2. The first-order valence-corrected chi connectivity index (χ1v) is 9.21. The highest BCUT2D eigenvalue weighted by Gasteiger charge is 2.27. The smallest absolute Gasteiger partial charge is 0.328 e. The van der Waals surface area contributed by atoms with Crippen molar-refractivity contribution in [3.63, 3.8) is 0 Å². The van der Waals surface area contributed by atoms with Crippen molar-refractivity contribution in [2.45, 2.75) is 31.8 Å². The second-order valence-electron chi connectivity index (χ2n) is 6.68. The van der Waals surface area contributed by atoms with Gasteiger partial charge in [-0.25, -0.2) is 9.18 Å². The first-order valence-electron chi connectivity index (χ1n) is 9.21. The van der Waals surface area contributed by atoms with Crippen LogP contribution < -0.4 is 10.6 Å². The number of nitrogens with zero attached hydrogens (tertiary/aromatic N) is 1. The van der Waals surface area contributed by atoms with Crippen molar-refractivity contribution in [2.24, 2.45) is 0 Å². The van der Waals surface area contributed by atoms with E-state index in [0.717, 1.165) is 0 Å². The molecule has 2 aromatic rings. The quantitative estimate of drug-likeness (QED) is 0.642. The van der Waals surface area contributed by atoms with E-state index in [1.165, 1.54) is 38.3 Å². The van der Waals surface area contributed by atoms with Crippen molar-refractivity contribution in [1.82, 2.24) is 10.6 Å². The Kier molecular flexibility index (Phi) is 8.06. The Hall–Kier alpha value is -3.73. The molecular weight excluding hydrogens is 389 g/mol. The number of rotatable bonds is 8. The minimum atomic E-state index is -1.01. The predicted molar refractivity (Wildman–Crippen MR) is 107 cm³/mol. The van der Waals surface area contributed by atoms with E-state index in [0.29, 0.717) is 16.7 Å². The lowest BCUT2D eigenvalue weighted by Crippen LogP contribution is -2.53. The normalized spacial score (nSPS) is 12.2.